The van der Waals surface area contributed by atoms with Crippen molar-refractivity contribution in [1.82, 2.24) is 4.90 Å². The summed E-state index contributed by atoms with van der Waals surface area (Å²) in [5, 5.41) is 0. The fourth-order valence-electron chi connectivity index (χ4n) is 2.70. The van der Waals surface area contributed by atoms with Gasteiger partial charge in [-0.2, -0.15) is 0 Å². The van der Waals surface area contributed by atoms with E-state index in [2.05, 4.69) is 39.5 Å². The lowest BCUT2D eigenvalue weighted by Gasteiger charge is -2.41. The molecular formula is C14H29NO2. The molecular weight excluding hydrogens is 214 g/mol. The number of carbonyl (C=O) groups excluding carboxylic acids is 1. The van der Waals surface area contributed by atoms with Gasteiger partial charge >= 0.3 is 5.97 Å². The fraction of sp³-hybridized carbons (Fsp3) is 0.929. The maximum atomic E-state index is 11.7. The van der Waals surface area contributed by atoms with Crippen LogP contribution in [0.4, 0.5) is 0 Å². The highest BCUT2D eigenvalue weighted by atomic mass is 16.5. The molecule has 0 aromatic carbocycles. The van der Waals surface area contributed by atoms with E-state index >= 15 is 0 Å². The van der Waals surface area contributed by atoms with Gasteiger partial charge in [0.05, 0.1) is 13.0 Å². The Labute approximate surface area is 107 Å². The van der Waals surface area contributed by atoms with Crippen LogP contribution in [0, 0.1) is 5.92 Å². The van der Waals surface area contributed by atoms with Crippen molar-refractivity contribution < 1.29 is 9.53 Å². The molecule has 0 amide bonds. The zero-order valence-corrected chi connectivity index (χ0v) is 12.4. The van der Waals surface area contributed by atoms with E-state index in [-0.39, 0.29) is 11.5 Å². The van der Waals surface area contributed by atoms with Crippen molar-refractivity contribution in [3.8, 4) is 0 Å². The molecule has 17 heavy (non-hydrogen) atoms. The Balaban J connectivity index is 4.76. The highest BCUT2D eigenvalue weighted by Crippen LogP contribution is 2.28. The summed E-state index contributed by atoms with van der Waals surface area (Å²) >= 11 is 0. The van der Waals surface area contributed by atoms with E-state index in [9.17, 15) is 4.79 Å². The summed E-state index contributed by atoms with van der Waals surface area (Å²) < 4.78 is 5.09. The molecule has 1 atom stereocenters. The lowest BCUT2D eigenvalue weighted by Crippen LogP contribution is -2.48. The van der Waals surface area contributed by atoms with Gasteiger partial charge < -0.3 is 4.74 Å². The third-order valence-electron chi connectivity index (χ3n) is 3.21. The number of carbonyl (C=O) groups is 1. The van der Waals surface area contributed by atoms with Crippen molar-refractivity contribution in [3.63, 3.8) is 0 Å². The van der Waals surface area contributed by atoms with Crippen LogP contribution in [0.2, 0.25) is 0 Å². The Morgan fingerprint density at radius 3 is 2.12 bits per heavy atom. The molecule has 0 aromatic rings. The van der Waals surface area contributed by atoms with E-state index in [1.165, 1.54) is 0 Å². The molecule has 3 nitrogen and oxygen atoms in total. The van der Waals surface area contributed by atoms with Crippen molar-refractivity contribution in [3.05, 3.63) is 0 Å². The Bertz CT molecular complexity index is 224. The lowest BCUT2D eigenvalue weighted by molar-refractivity contribution is -0.146. The van der Waals surface area contributed by atoms with Crippen molar-refractivity contribution >= 4 is 5.97 Å². The van der Waals surface area contributed by atoms with Crippen LogP contribution in [0.25, 0.3) is 0 Å². The average molecular weight is 243 g/mol. The second-order valence-corrected chi connectivity index (χ2v) is 5.25. The fourth-order valence-corrected chi connectivity index (χ4v) is 2.70. The van der Waals surface area contributed by atoms with Crippen LogP contribution in [0.5, 0.6) is 0 Å². The van der Waals surface area contributed by atoms with Gasteiger partial charge in [-0.05, 0) is 39.3 Å². The summed E-state index contributed by atoms with van der Waals surface area (Å²) in [5.74, 6) is 0.498. The van der Waals surface area contributed by atoms with Gasteiger partial charge in [-0.15, -0.1) is 0 Å². The predicted octanol–water partition coefficient (Wildman–Crippen LogP) is 3.09. The number of ether oxygens (including phenoxy) is 1. The van der Waals surface area contributed by atoms with Crippen LogP contribution in [0.15, 0.2) is 0 Å². The first-order valence-corrected chi connectivity index (χ1v) is 6.80. The van der Waals surface area contributed by atoms with Gasteiger partial charge in [0.15, 0.2) is 0 Å². The maximum Gasteiger partial charge on any atom is 0.307 e. The van der Waals surface area contributed by atoms with E-state index in [1.807, 2.05) is 6.92 Å². The van der Waals surface area contributed by atoms with Gasteiger partial charge in [0, 0.05) is 5.54 Å². The second kappa shape index (κ2) is 7.70. The predicted molar refractivity (Wildman–Crippen MR) is 72.0 cm³/mol. The standard InChI is InChI=1S/C14H29NO2/c1-7-15(8-2)14(6,10-12(4)5)11-13(16)17-9-3/h12H,7-11H2,1-6H3. The first kappa shape index (κ1) is 16.4. The summed E-state index contributed by atoms with van der Waals surface area (Å²) in [7, 11) is 0. The van der Waals surface area contributed by atoms with Gasteiger partial charge in [-0.1, -0.05) is 27.7 Å². The van der Waals surface area contributed by atoms with Gasteiger partial charge in [0.2, 0.25) is 0 Å². The monoisotopic (exact) mass is 243 g/mol. The molecule has 3 heteroatoms. The SMILES string of the molecule is CCOC(=O)CC(C)(CC(C)C)N(CC)CC. The summed E-state index contributed by atoms with van der Waals surface area (Å²) in [6, 6.07) is 0. The summed E-state index contributed by atoms with van der Waals surface area (Å²) in [5.41, 5.74) is -0.0794. The summed E-state index contributed by atoms with van der Waals surface area (Å²) in [6.45, 7) is 15.1. The molecule has 1 unspecified atom stereocenters. The Kier molecular flexibility index (Phi) is 7.44. The zero-order valence-electron chi connectivity index (χ0n) is 12.4. The van der Waals surface area contributed by atoms with Crippen molar-refractivity contribution in [2.45, 2.75) is 59.9 Å². The van der Waals surface area contributed by atoms with Crippen LogP contribution < -0.4 is 0 Å². The van der Waals surface area contributed by atoms with Gasteiger partial charge in [-0.25, -0.2) is 0 Å². The summed E-state index contributed by atoms with van der Waals surface area (Å²) in [4.78, 5) is 14.1. The van der Waals surface area contributed by atoms with E-state index < -0.39 is 0 Å². The zero-order chi connectivity index (χ0) is 13.5. The molecule has 0 radical (unpaired) electrons. The molecule has 0 aliphatic carbocycles. The molecule has 0 spiro atoms. The number of esters is 1. The number of nitrogens with zero attached hydrogens (tertiary/aromatic N) is 1. The quantitative estimate of drug-likeness (QED) is 0.614. The van der Waals surface area contributed by atoms with Crippen LogP contribution in [-0.4, -0.2) is 36.1 Å². The average Bonchev–Trinajstić information content (AvgIpc) is 2.17. The van der Waals surface area contributed by atoms with Crippen molar-refractivity contribution in [1.29, 1.82) is 0 Å². The van der Waals surface area contributed by atoms with Crippen molar-refractivity contribution in [2.75, 3.05) is 19.7 Å². The molecule has 0 N–H and O–H groups in total. The molecule has 0 saturated heterocycles. The normalized spacial score (nSPS) is 15.1. The van der Waals surface area contributed by atoms with Crippen LogP contribution >= 0.6 is 0 Å². The van der Waals surface area contributed by atoms with E-state index in [0.29, 0.717) is 18.9 Å². The van der Waals surface area contributed by atoms with Crippen LogP contribution in [0.1, 0.15) is 54.4 Å². The van der Waals surface area contributed by atoms with Gasteiger partial charge in [0.1, 0.15) is 0 Å². The largest absolute Gasteiger partial charge is 0.466 e. The molecule has 0 rings (SSSR count). The first-order valence-electron chi connectivity index (χ1n) is 6.80. The van der Waals surface area contributed by atoms with Gasteiger partial charge in [-0.3, -0.25) is 9.69 Å². The maximum absolute atomic E-state index is 11.7. The lowest BCUT2D eigenvalue weighted by atomic mass is 9.86. The third-order valence-corrected chi connectivity index (χ3v) is 3.21. The van der Waals surface area contributed by atoms with E-state index in [4.69, 9.17) is 4.74 Å². The summed E-state index contributed by atoms with van der Waals surface area (Å²) in [6.07, 6.45) is 1.51. The third kappa shape index (κ3) is 5.53. The van der Waals surface area contributed by atoms with Crippen molar-refractivity contribution in [2.24, 2.45) is 5.92 Å². The molecule has 102 valence electrons. The number of hydrogen-bond acceptors (Lipinski definition) is 3. The van der Waals surface area contributed by atoms with Crippen LogP contribution in [0.3, 0.4) is 0 Å². The highest BCUT2D eigenvalue weighted by Gasteiger charge is 2.33. The molecule has 0 saturated carbocycles. The Morgan fingerprint density at radius 1 is 1.24 bits per heavy atom. The highest BCUT2D eigenvalue weighted by molar-refractivity contribution is 5.70. The minimum absolute atomic E-state index is 0.0794. The van der Waals surface area contributed by atoms with Gasteiger partial charge in [0.25, 0.3) is 0 Å². The molecule has 0 aliphatic rings. The second-order valence-electron chi connectivity index (χ2n) is 5.25. The molecule has 0 aromatic heterocycles. The smallest absolute Gasteiger partial charge is 0.307 e. The van der Waals surface area contributed by atoms with E-state index in [1.54, 1.807) is 0 Å². The molecule has 0 bridgehead atoms. The Hall–Kier alpha value is -0.570. The minimum Gasteiger partial charge on any atom is -0.466 e. The molecule has 0 fully saturated rings. The molecule has 0 aliphatic heterocycles. The first-order chi connectivity index (χ1) is 7.89. The Morgan fingerprint density at radius 2 is 1.76 bits per heavy atom. The number of hydrogen-bond donors (Lipinski definition) is 0. The molecule has 0 heterocycles. The van der Waals surface area contributed by atoms with Crippen LogP contribution in [-0.2, 0) is 9.53 Å². The van der Waals surface area contributed by atoms with E-state index in [0.717, 1.165) is 19.5 Å². The number of rotatable bonds is 8. The minimum atomic E-state index is -0.0810. The topological polar surface area (TPSA) is 29.5 Å².